The maximum absolute atomic E-state index is 12.9. The zero-order chi connectivity index (χ0) is 16.6. The maximum atomic E-state index is 12.9. The second kappa shape index (κ2) is 5.79. The van der Waals surface area contributed by atoms with Crippen LogP contribution < -0.4 is 5.56 Å². The Morgan fingerprint density at radius 2 is 2.09 bits per heavy atom. The van der Waals surface area contributed by atoms with E-state index < -0.39 is 5.60 Å². The minimum Gasteiger partial charge on any atom is -0.393 e. The summed E-state index contributed by atoms with van der Waals surface area (Å²) in [5.41, 5.74) is -0.478. The fourth-order valence-corrected chi connectivity index (χ4v) is 3.17. The molecule has 6 heteroatoms. The van der Waals surface area contributed by atoms with Crippen molar-refractivity contribution in [3.05, 3.63) is 46.2 Å². The number of piperidine rings is 1. The van der Waals surface area contributed by atoms with Crippen LogP contribution in [0, 0.1) is 0 Å². The first-order valence-electron chi connectivity index (χ1n) is 7.66. The monoisotopic (exact) mass is 316 g/mol. The lowest BCUT2D eigenvalue weighted by Crippen LogP contribution is -2.52. The molecule has 2 N–H and O–H groups in total. The molecule has 3 rings (SSSR count). The van der Waals surface area contributed by atoms with Crippen molar-refractivity contribution in [2.45, 2.75) is 18.4 Å². The SMILES string of the molecule is Cn1c(=O)cc(C(=O)N2CCCC(O)(CO)C2)c2ccccc21. The molecule has 1 aliphatic heterocycles. The number of aliphatic hydroxyl groups excluding tert-OH is 1. The second-order valence-corrected chi connectivity index (χ2v) is 6.19. The van der Waals surface area contributed by atoms with Crippen LogP contribution in [0.4, 0.5) is 0 Å². The topological polar surface area (TPSA) is 82.8 Å². The van der Waals surface area contributed by atoms with Gasteiger partial charge in [0, 0.05) is 25.0 Å². The number of para-hydroxylation sites is 1. The highest BCUT2D eigenvalue weighted by Gasteiger charge is 2.35. The third-order valence-electron chi connectivity index (χ3n) is 4.52. The summed E-state index contributed by atoms with van der Waals surface area (Å²) >= 11 is 0. The van der Waals surface area contributed by atoms with Crippen LogP contribution >= 0.6 is 0 Å². The van der Waals surface area contributed by atoms with Crippen LogP contribution in [-0.2, 0) is 7.05 Å². The summed E-state index contributed by atoms with van der Waals surface area (Å²) in [5, 5.41) is 20.3. The number of rotatable bonds is 2. The van der Waals surface area contributed by atoms with Gasteiger partial charge in [0.2, 0.25) is 0 Å². The molecule has 122 valence electrons. The number of carbonyl (C=O) groups excluding carboxylic acids is 1. The van der Waals surface area contributed by atoms with Crippen molar-refractivity contribution in [2.75, 3.05) is 19.7 Å². The number of carbonyl (C=O) groups is 1. The van der Waals surface area contributed by atoms with Crippen molar-refractivity contribution in [2.24, 2.45) is 7.05 Å². The summed E-state index contributed by atoms with van der Waals surface area (Å²) in [7, 11) is 1.67. The number of aryl methyl sites for hydroxylation is 1. The van der Waals surface area contributed by atoms with Gasteiger partial charge >= 0.3 is 0 Å². The Morgan fingerprint density at radius 1 is 1.35 bits per heavy atom. The molecule has 6 nitrogen and oxygen atoms in total. The minimum absolute atomic E-state index is 0.0753. The van der Waals surface area contributed by atoms with Crippen molar-refractivity contribution >= 4 is 16.8 Å². The standard InChI is InChI=1S/C17H20N2O4/c1-18-14-6-3-2-5-12(14)13(9-15(18)21)16(22)19-8-4-7-17(23,10-19)11-20/h2-3,5-6,9,20,23H,4,7-8,10-11H2,1H3. The van der Waals surface area contributed by atoms with E-state index in [0.717, 1.165) is 0 Å². The number of aromatic nitrogens is 1. The highest BCUT2D eigenvalue weighted by molar-refractivity contribution is 6.06. The molecule has 0 aliphatic carbocycles. The van der Waals surface area contributed by atoms with Crippen molar-refractivity contribution < 1.29 is 15.0 Å². The predicted molar refractivity (Wildman–Crippen MR) is 86.4 cm³/mol. The molecule has 1 aromatic carbocycles. The second-order valence-electron chi connectivity index (χ2n) is 6.19. The molecule has 1 amide bonds. The van der Waals surface area contributed by atoms with Crippen molar-refractivity contribution in [1.82, 2.24) is 9.47 Å². The van der Waals surface area contributed by atoms with E-state index in [9.17, 15) is 19.8 Å². The lowest BCUT2D eigenvalue weighted by molar-refractivity contribution is -0.0598. The van der Waals surface area contributed by atoms with Gasteiger partial charge < -0.3 is 19.7 Å². The number of amides is 1. The molecule has 0 spiro atoms. The number of β-amino-alcohol motifs (C(OH)–C–C–N with tert-alkyl or cyclic N) is 1. The highest BCUT2D eigenvalue weighted by atomic mass is 16.3. The fourth-order valence-electron chi connectivity index (χ4n) is 3.17. The zero-order valence-corrected chi connectivity index (χ0v) is 13.0. The van der Waals surface area contributed by atoms with E-state index in [1.54, 1.807) is 13.1 Å². The average molecular weight is 316 g/mol. The number of likely N-dealkylation sites (tertiary alicyclic amines) is 1. The van der Waals surface area contributed by atoms with Gasteiger partial charge in [0.15, 0.2) is 0 Å². The summed E-state index contributed by atoms with van der Waals surface area (Å²) in [6.07, 6.45) is 1.08. The summed E-state index contributed by atoms with van der Waals surface area (Å²) in [4.78, 5) is 26.5. The number of fused-ring (bicyclic) bond motifs is 1. The Labute approximate surface area is 133 Å². The summed E-state index contributed by atoms with van der Waals surface area (Å²) in [6.45, 7) is 0.199. The molecule has 23 heavy (non-hydrogen) atoms. The van der Waals surface area contributed by atoms with Crippen LogP contribution in [0.3, 0.4) is 0 Å². The largest absolute Gasteiger partial charge is 0.393 e. The first-order valence-corrected chi connectivity index (χ1v) is 7.66. The average Bonchev–Trinajstić information content (AvgIpc) is 2.57. The molecular weight excluding hydrogens is 296 g/mol. The Kier molecular flexibility index (Phi) is 3.95. The number of pyridine rings is 1. The summed E-state index contributed by atoms with van der Waals surface area (Å²) in [6, 6.07) is 8.60. The van der Waals surface area contributed by atoms with E-state index in [4.69, 9.17) is 0 Å². The van der Waals surface area contributed by atoms with Crippen LogP contribution in [0.25, 0.3) is 10.9 Å². The minimum atomic E-state index is -1.26. The Balaban J connectivity index is 2.05. The van der Waals surface area contributed by atoms with Gasteiger partial charge in [-0.1, -0.05) is 18.2 Å². The molecule has 1 atom stereocenters. The Hall–Kier alpha value is -2.18. The Morgan fingerprint density at radius 3 is 2.83 bits per heavy atom. The van der Waals surface area contributed by atoms with Gasteiger partial charge in [-0.2, -0.15) is 0 Å². The lowest BCUT2D eigenvalue weighted by atomic mass is 9.93. The Bertz CT molecular complexity index is 814. The van der Waals surface area contributed by atoms with Crippen molar-refractivity contribution in [3.63, 3.8) is 0 Å². The van der Waals surface area contributed by atoms with Gasteiger partial charge in [0.05, 0.1) is 24.2 Å². The normalized spacial score (nSPS) is 21.6. The van der Waals surface area contributed by atoms with Crippen molar-refractivity contribution in [1.29, 1.82) is 0 Å². The zero-order valence-electron chi connectivity index (χ0n) is 13.0. The molecule has 2 heterocycles. The highest BCUT2D eigenvalue weighted by Crippen LogP contribution is 2.24. The molecule has 0 bridgehead atoms. The van der Waals surface area contributed by atoms with Gasteiger partial charge in [0.25, 0.3) is 11.5 Å². The van der Waals surface area contributed by atoms with Crippen LogP contribution in [-0.4, -0.2) is 50.9 Å². The molecule has 0 saturated carbocycles. The van der Waals surface area contributed by atoms with E-state index in [-0.39, 0.29) is 24.6 Å². The van der Waals surface area contributed by atoms with Gasteiger partial charge in [-0.15, -0.1) is 0 Å². The smallest absolute Gasteiger partial charge is 0.254 e. The van der Waals surface area contributed by atoms with Crippen molar-refractivity contribution in [3.8, 4) is 0 Å². The molecule has 1 unspecified atom stereocenters. The molecule has 0 radical (unpaired) electrons. The van der Waals surface area contributed by atoms with E-state index >= 15 is 0 Å². The maximum Gasteiger partial charge on any atom is 0.254 e. The van der Waals surface area contributed by atoms with Gasteiger partial charge in [-0.25, -0.2) is 0 Å². The van der Waals surface area contributed by atoms with Gasteiger partial charge in [0.1, 0.15) is 5.60 Å². The first kappa shape index (κ1) is 15.7. The van der Waals surface area contributed by atoms with E-state index in [2.05, 4.69) is 0 Å². The third kappa shape index (κ3) is 2.75. The molecule has 1 aliphatic rings. The molecule has 1 fully saturated rings. The first-order chi connectivity index (χ1) is 10.9. The van der Waals surface area contributed by atoms with E-state index in [0.29, 0.717) is 35.9 Å². The summed E-state index contributed by atoms with van der Waals surface area (Å²) < 4.78 is 1.51. The number of aliphatic hydroxyl groups is 2. The van der Waals surface area contributed by atoms with Gasteiger partial charge in [-0.05, 0) is 18.9 Å². The van der Waals surface area contributed by atoms with Crippen LogP contribution in [0.5, 0.6) is 0 Å². The number of hydrogen-bond donors (Lipinski definition) is 2. The third-order valence-corrected chi connectivity index (χ3v) is 4.52. The number of benzene rings is 1. The fraction of sp³-hybridized carbons (Fsp3) is 0.412. The molecular formula is C17H20N2O4. The van der Waals surface area contributed by atoms with Gasteiger partial charge in [-0.3, -0.25) is 9.59 Å². The predicted octanol–water partition coefficient (Wildman–Crippen LogP) is 0.498. The van der Waals surface area contributed by atoms with Crippen LogP contribution in [0.15, 0.2) is 35.1 Å². The van der Waals surface area contributed by atoms with Crippen LogP contribution in [0.1, 0.15) is 23.2 Å². The van der Waals surface area contributed by atoms with E-state index in [1.165, 1.54) is 15.5 Å². The molecule has 1 aromatic heterocycles. The van der Waals surface area contributed by atoms with Crippen LogP contribution in [0.2, 0.25) is 0 Å². The quantitative estimate of drug-likeness (QED) is 0.845. The molecule has 1 saturated heterocycles. The number of hydrogen-bond acceptors (Lipinski definition) is 4. The summed E-state index contributed by atoms with van der Waals surface area (Å²) in [5.74, 6) is -0.287. The van der Waals surface area contributed by atoms with E-state index in [1.807, 2.05) is 18.2 Å². The lowest BCUT2D eigenvalue weighted by Gasteiger charge is -2.38. The molecule has 2 aromatic rings. The number of nitrogens with zero attached hydrogens (tertiary/aromatic N) is 2.